The van der Waals surface area contributed by atoms with E-state index in [2.05, 4.69) is 45.0 Å². The molecule has 1 saturated carbocycles. The lowest BCUT2D eigenvalue weighted by Gasteiger charge is -2.34. The van der Waals surface area contributed by atoms with Crippen LogP contribution in [0.3, 0.4) is 0 Å². The van der Waals surface area contributed by atoms with Crippen LogP contribution < -0.4 is 0 Å². The summed E-state index contributed by atoms with van der Waals surface area (Å²) >= 11 is 1.75. The molecule has 0 N–H and O–H groups in total. The van der Waals surface area contributed by atoms with Gasteiger partial charge in [0.2, 0.25) is 0 Å². The van der Waals surface area contributed by atoms with Gasteiger partial charge in [0, 0.05) is 4.90 Å². The van der Waals surface area contributed by atoms with Crippen molar-refractivity contribution in [3.8, 4) is 0 Å². The Labute approximate surface area is 127 Å². The van der Waals surface area contributed by atoms with E-state index in [1.807, 2.05) is 12.3 Å². The summed E-state index contributed by atoms with van der Waals surface area (Å²) in [7, 11) is 0. The molecule has 0 heterocycles. The number of ether oxygens (including phenoxy) is 1. The number of hydrogen-bond donors (Lipinski definition) is 0. The first-order valence-corrected chi connectivity index (χ1v) is 8.51. The van der Waals surface area contributed by atoms with Gasteiger partial charge in [-0.3, -0.25) is 0 Å². The minimum Gasteiger partial charge on any atom is -0.490 e. The van der Waals surface area contributed by atoms with E-state index in [1.54, 1.807) is 11.8 Å². The smallest absolute Gasteiger partial charge is 0.137 e. The summed E-state index contributed by atoms with van der Waals surface area (Å²) in [4.78, 5) is 1.27. The Balaban J connectivity index is 1.69. The summed E-state index contributed by atoms with van der Waals surface area (Å²) in [6.45, 7) is 7.08. The van der Waals surface area contributed by atoms with Gasteiger partial charge < -0.3 is 4.74 Å². The zero-order chi connectivity index (χ0) is 14.4. The van der Waals surface area contributed by atoms with E-state index in [9.17, 15) is 0 Å². The van der Waals surface area contributed by atoms with Crippen LogP contribution >= 0.6 is 11.8 Å². The third-order valence-corrected chi connectivity index (χ3v) is 5.00. The van der Waals surface area contributed by atoms with Crippen molar-refractivity contribution in [3.63, 3.8) is 0 Å². The van der Waals surface area contributed by atoms with E-state index in [4.69, 9.17) is 4.74 Å². The monoisotopic (exact) mass is 290 g/mol. The largest absolute Gasteiger partial charge is 0.490 e. The van der Waals surface area contributed by atoms with Crippen LogP contribution in [0.4, 0.5) is 0 Å². The Morgan fingerprint density at radius 1 is 1.15 bits per heavy atom. The van der Waals surface area contributed by atoms with Gasteiger partial charge in [-0.1, -0.05) is 50.7 Å². The first kappa shape index (κ1) is 15.5. The van der Waals surface area contributed by atoms with Crippen molar-refractivity contribution >= 4 is 11.8 Å². The minimum atomic E-state index is 0.454. The van der Waals surface area contributed by atoms with Crippen LogP contribution in [0.25, 0.3) is 0 Å². The number of allylic oxidation sites excluding steroid dienone is 1. The zero-order valence-electron chi connectivity index (χ0n) is 12.9. The summed E-state index contributed by atoms with van der Waals surface area (Å²) in [5.41, 5.74) is 1.94. The molecule has 1 aliphatic carbocycles. The number of thioether (sulfide) groups is 1. The molecule has 0 atom stereocenters. The van der Waals surface area contributed by atoms with Gasteiger partial charge in [0.05, 0.1) is 6.26 Å². The summed E-state index contributed by atoms with van der Waals surface area (Å²) in [6.07, 6.45) is 7.04. The molecule has 1 fully saturated rings. The lowest BCUT2D eigenvalue weighted by atomic mass is 9.71. The second kappa shape index (κ2) is 7.21. The van der Waals surface area contributed by atoms with E-state index in [-0.39, 0.29) is 0 Å². The van der Waals surface area contributed by atoms with E-state index in [0.717, 1.165) is 5.92 Å². The fourth-order valence-electron chi connectivity index (χ4n) is 2.74. The fraction of sp³-hybridized carbons (Fsp3) is 0.556. The fourth-order valence-corrected chi connectivity index (χ4v) is 3.36. The Morgan fingerprint density at radius 3 is 2.40 bits per heavy atom. The second-order valence-corrected chi connectivity index (χ2v) is 7.65. The highest BCUT2D eigenvalue weighted by Gasteiger charge is 2.27. The molecule has 0 aliphatic heterocycles. The predicted molar refractivity (Wildman–Crippen MR) is 87.7 cm³/mol. The quantitative estimate of drug-likeness (QED) is 0.297. The number of benzene rings is 1. The summed E-state index contributed by atoms with van der Waals surface area (Å²) in [6, 6.07) is 10.4. The summed E-state index contributed by atoms with van der Waals surface area (Å²) in [5.74, 6) is 1.56. The molecule has 2 rings (SSSR count). The molecule has 0 unspecified atom stereocenters. The van der Waals surface area contributed by atoms with Gasteiger partial charge in [0.1, 0.15) is 5.94 Å². The first-order chi connectivity index (χ1) is 9.55. The molecule has 1 nitrogen and oxygen atoms in total. The van der Waals surface area contributed by atoms with Crippen LogP contribution in [0.1, 0.15) is 46.5 Å². The highest BCUT2D eigenvalue weighted by Crippen LogP contribution is 2.39. The van der Waals surface area contributed by atoms with Crippen molar-refractivity contribution in [1.82, 2.24) is 0 Å². The maximum Gasteiger partial charge on any atom is 0.137 e. The molecule has 0 aromatic heterocycles. The van der Waals surface area contributed by atoms with Crippen molar-refractivity contribution in [1.29, 1.82) is 0 Å². The van der Waals surface area contributed by atoms with Crippen LogP contribution in [-0.2, 0) is 4.74 Å². The van der Waals surface area contributed by atoms with Crippen molar-refractivity contribution in [2.24, 2.45) is 11.3 Å². The van der Waals surface area contributed by atoms with Crippen LogP contribution in [0.5, 0.6) is 0 Å². The molecular formula is C18H26OS. The molecule has 1 aromatic rings. The van der Waals surface area contributed by atoms with Gasteiger partial charge in [-0.25, -0.2) is 0 Å². The van der Waals surface area contributed by atoms with Crippen molar-refractivity contribution in [2.75, 3.05) is 5.94 Å². The topological polar surface area (TPSA) is 9.23 Å². The van der Waals surface area contributed by atoms with E-state index < -0.39 is 0 Å². The normalized spacial score (nSPS) is 19.8. The predicted octanol–water partition coefficient (Wildman–Crippen LogP) is 5.87. The van der Waals surface area contributed by atoms with Gasteiger partial charge >= 0.3 is 0 Å². The third-order valence-electron chi connectivity index (χ3n) is 4.14. The Kier molecular flexibility index (Phi) is 5.59. The molecule has 0 radical (unpaired) electrons. The molecule has 0 spiro atoms. The van der Waals surface area contributed by atoms with Crippen LogP contribution in [-0.4, -0.2) is 5.94 Å². The average molecular weight is 290 g/mol. The third kappa shape index (κ3) is 4.90. The molecule has 110 valence electrons. The molecule has 1 aliphatic rings. The Bertz CT molecular complexity index is 420. The molecule has 0 saturated heterocycles. The molecule has 2 heteroatoms. The highest BCUT2D eigenvalue weighted by atomic mass is 32.2. The maximum absolute atomic E-state index is 5.70. The van der Waals surface area contributed by atoms with Crippen LogP contribution in [0.2, 0.25) is 0 Å². The molecular weight excluding hydrogens is 264 g/mol. The standard InChI is InChI=1S/C18H26OS/c1-18(2,3)16-11-9-15(10-12-16)13-19-14-20-17-7-5-4-6-8-17/h4-8,13,16H,9-12,14H2,1-3H3. The summed E-state index contributed by atoms with van der Waals surface area (Å²) < 4.78 is 5.70. The highest BCUT2D eigenvalue weighted by molar-refractivity contribution is 7.99. The van der Waals surface area contributed by atoms with Gasteiger partial charge in [-0.05, 0) is 54.7 Å². The van der Waals surface area contributed by atoms with E-state index >= 15 is 0 Å². The zero-order valence-corrected chi connectivity index (χ0v) is 13.7. The second-order valence-electron chi connectivity index (χ2n) is 6.66. The Morgan fingerprint density at radius 2 is 1.80 bits per heavy atom. The SMILES string of the molecule is CC(C)(C)C1CCC(=COCSc2ccccc2)CC1. The summed E-state index contributed by atoms with van der Waals surface area (Å²) in [5, 5.41) is 0. The van der Waals surface area contributed by atoms with Crippen LogP contribution in [0, 0.1) is 11.3 Å². The van der Waals surface area contributed by atoms with Crippen molar-refractivity contribution in [2.45, 2.75) is 51.3 Å². The average Bonchev–Trinajstić information content (AvgIpc) is 2.44. The molecule has 0 amide bonds. The van der Waals surface area contributed by atoms with Crippen molar-refractivity contribution in [3.05, 3.63) is 42.2 Å². The number of hydrogen-bond acceptors (Lipinski definition) is 2. The van der Waals surface area contributed by atoms with E-state index in [1.165, 1.54) is 36.2 Å². The molecule has 1 aromatic carbocycles. The minimum absolute atomic E-state index is 0.454. The van der Waals surface area contributed by atoms with Crippen LogP contribution in [0.15, 0.2) is 47.1 Å². The number of rotatable bonds is 4. The first-order valence-electron chi connectivity index (χ1n) is 7.53. The van der Waals surface area contributed by atoms with Gasteiger partial charge in [-0.2, -0.15) is 0 Å². The lowest BCUT2D eigenvalue weighted by molar-refractivity contribution is 0.194. The van der Waals surface area contributed by atoms with Gasteiger partial charge in [0.25, 0.3) is 0 Å². The van der Waals surface area contributed by atoms with Crippen molar-refractivity contribution < 1.29 is 4.74 Å². The maximum atomic E-state index is 5.70. The molecule has 0 bridgehead atoms. The lowest BCUT2D eigenvalue weighted by Crippen LogP contribution is -2.23. The van der Waals surface area contributed by atoms with Gasteiger partial charge in [0.15, 0.2) is 0 Å². The Hall–Kier alpha value is -0.890. The molecule has 20 heavy (non-hydrogen) atoms. The van der Waals surface area contributed by atoms with Gasteiger partial charge in [-0.15, -0.1) is 0 Å². The van der Waals surface area contributed by atoms with E-state index in [0.29, 0.717) is 11.4 Å².